The average Bonchev–Trinajstić information content (AvgIpc) is 3.20. The van der Waals surface area contributed by atoms with Crippen molar-refractivity contribution in [1.29, 1.82) is 0 Å². The molecule has 0 bridgehead atoms. The number of hydrogen-bond acceptors (Lipinski definition) is 4. The van der Waals surface area contributed by atoms with E-state index in [1.807, 2.05) is 34.9 Å². The first-order valence-corrected chi connectivity index (χ1v) is 8.00. The molecule has 0 aliphatic rings. The van der Waals surface area contributed by atoms with E-state index in [4.69, 9.17) is 0 Å². The van der Waals surface area contributed by atoms with E-state index in [2.05, 4.69) is 37.3 Å². The Morgan fingerprint density at radius 3 is 2.91 bits per heavy atom. The molecule has 0 saturated heterocycles. The third-order valence-electron chi connectivity index (χ3n) is 3.26. The first-order chi connectivity index (χ1) is 10.9. The van der Waals surface area contributed by atoms with Gasteiger partial charge in [-0.15, -0.1) is 45.5 Å². The number of rotatable bonds is 5. The molecule has 0 aromatic carbocycles. The van der Waals surface area contributed by atoms with Crippen molar-refractivity contribution in [2.24, 2.45) is 4.99 Å². The Morgan fingerprint density at radius 2 is 2.13 bits per heavy atom. The molecular weight excluding hydrogens is 423 g/mol. The Labute approximate surface area is 156 Å². The number of hydrogen-bond donors (Lipinski definition) is 2. The molecule has 122 valence electrons. The molecule has 0 fully saturated rings. The van der Waals surface area contributed by atoms with Gasteiger partial charge in [0.2, 0.25) is 0 Å². The molecular formula is C15H19IN6S. The number of aromatic nitrogens is 3. The fourth-order valence-electron chi connectivity index (χ4n) is 2.16. The molecule has 0 atom stereocenters. The van der Waals surface area contributed by atoms with Crippen molar-refractivity contribution in [3.8, 4) is 0 Å². The smallest absolute Gasteiger partial charge is 0.191 e. The number of nitrogens with one attached hydrogen (secondary N) is 2. The van der Waals surface area contributed by atoms with Gasteiger partial charge in [-0.05, 0) is 23.6 Å². The predicted octanol–water partition coefficient (Wildman–Crippen LogP) is 2.32. The fourth-order valence-corrected chi connectivity index (χ4v) is 2.80. The van der Waals surface area contributed by atoms with Gasteiger partial charge in [-0.25, -0.2) is 0 Å². The second-order valence-corrected chi connectivity index (χ2v) is 5.76. The van der Waals surface area contributed by atoms with Crippen LogP contribution in [-0.4, -0.2) is 34.2 Å². The molecule has 2 N–H and O–H groups in total. The third-order valence-corrected chi connectivity index (χ3v) is 4.14. The highest BCUT2D eigenvalue weighted by Crippen LogP contribution is 2.07. The molecule has 8 heteroatoms. The highest BCUT2D eigenvalue weighted by atomic mass is 127. The number of aliphatic imine (C=N–C) groups is 1. The van der Waals surface area contributed by atoms with Crippen molar-refractivity contribution in [3.63, 3.8) is 0 Å². The van der Waals surface area contributed by atoms with Crippen LogP contribution in [0.3, 0.4) is 0 Å². The van der Waals surface area contributed by atoms with Gasteiger partial charge in [0.25, 0.3) is 0 Å². The summed E-state index contributed by atoms with van der Waals surface area (Å²) < 4.78 is 2.00. The summed E-state index contributed by atoms with van der Waals surface area (Å²) in [5.74, 6) is 1.74. The van der Waals surface area contributed by atoms with Gasteiger partial charge in [0.1, 0.15) is 5.82 Å². The normalized spacial score (nSPS) is 11.3. The lowest BCUT2D eigenvalue weighted by molar-refractivity contribution is 0.763. The predicted molar refractivity (Wildman–Crippen MR) is 105 cm³/mol. The van der Waals surface area contributed by atoms with Crippen LogP contribution in [0.15, 0.2) is 46.9 Å². The number of halogens is 1. The molecule has 3 aromatic rings. The molecule has 0 amide bonds. The molecule has 6 nitrogen and oxygen atoms in total. The highest BCUT2D eigenvalue weighted by molar-refractivity contribution is 14.0. The fraction of sp³-hybridized carbons (Fsp3) is 0.267. The summed E-state index contributed by atoms with van der Waals surface area (Å²) in [6.07, 6.45) is 2.76. The Morgan fingerprint density at radius 1 is 1.22 bits per heavy atom. The standard InChI is InChI=1S/C15H18N6S.HI/c1-16-15(18-11-12-5-4-10-22-12)17-8-7-14-20-19-13-6-2-3-9-21(13)14;/h2-6,9-10H,7-8,11H2,1H3,(H2,16,17,18);1H. The second-order valence-electron chi connectivity index (χ2n) is 4.73. The van der Waals surface area contributed by atoms with E-state index in [9.17, 15) is 0 Å². The van der Waals surface area contributed by atoms with Crippen molar-refractivity contribution >= 4 is 46.9 Å². The van der Waals surface area contributed by atoms with Crippen LogP contribution in [0.2, 0.25) is 0 Å². The third kappa shape index (κ3) is 4.64. The van der Waals surface area contributed by atoms with Gasteiger partial charge in [0.05, 0.1) is 6.54 Å². The Balaban J connectivity index is 0.00000192. The van der Waals surface area contributed by atoms with E-state index in [-0.39, 0.29) is 24.0 Å². The van der Waals surface area contributed by atoms with Gasteiger partial charge < -0.3 is 10.6 Å². The van der Waals surface area contributed by atoms with Crippen LogP contribution in [0, 0.1) is 0 Å². The summed E-state index contributed by atoms with van der Waals surface area (Å²) in [6.45, 7) is 1.53. The molecule has 0 spiro atoms. The number of nitrogens with zero attached hydrogens (tertiary/aromatic N) is 4. The zero-order valence-electron chi connectivity index (χ0n) is 12.8. The van der Waals surface area contributed by atoms with Crippen molar-refractivity contribution in [2.75, 3.05) is 13.6 Å². The van der Waals surface area contributed by atoms with Crippen molar-refractivity contribution < 1.29 is 0 Å². The second kappa shape index (κ2) is 8.82. The van der Waals surface area contributed by atoms with E-state index in [1.54, 1.807) is 18.4 Å². The highest BCUT2D eigenvalue weighted by Gasteiger charge is 2.05. The zero-order chi connectivity index (χ0) is 15.2. The first-order valence-electron chi connectivity index (χ1n) is 7.12. The van der Waals surface area contributed by atoms with Crippen LogP contribution < -0.4 is 10.6 Å². The van der Waals surface area contributed by atoms with Gasteiger partial charge in [0, 0.05) is 31.1 Å². The van der Waals surface area contributed by atoms with E-state index >= 15 is 0 Å². The van der Waals surface area contributed by atoms with E-state index in [0.717, 1.165) is 36.9 Å². The van der Waals surface area contributed by atoms with Crippen LogP contribution in [0.5, 0.6) is 0 Å². The van der Waals surface area contributed by atoms with Crippen LogP contribution >= 0.6 is 35.3 Å². The lowest BCUT2D eigenvalue weighted by atomic mass is 10.4. The Kier molecular flexibility index (Phi) is 6.78. The van der Waals surface area contributed by atoms with Gasteiger partial charge in [-0.2, -0.15) is 0 Å². The van der Waals surface area contributed by atoms with Crippen LogP contribution in [0.25, 0.3) is 5.65 Å². The maximum atomic E-state index is 4.22. The number of pyridine rings is 1. The minimum atomic E-state index is 0. The first kappa shape index (κ1) is 17.7. The van der Waals surface area contributed by atoms with E-state index < -0.39 is 0 Å². The van der Waals surface area contributed by atoms with Crippen molar-refractivity contribution in [3.05, 3.63) is 52.6 Å². The van der Waals surface area contributed by atoms with Crippen LogP contribution in [-0.2, 0) is 13.0 Å². The molecule has 3 aromatic heterocycles. The molecule has 3 heterocycles. The summed E-state index contributed by atoms with van der Waals surface area (Å²) in [6, 6.07) is 10.0. The Bertz CT molecular complexity index is 752. The lowest BCUT2D eigenvalue weighted by Gasteiger charge is -2.10. The average molecular weight is 442 g/mol. The summed E-state index contributed by atoms with van der Waals surface area (Å²) in [4.78, 5) is 5.51. The lowest BCUT2D eigenvalue weighted by Crippen LogP contribution is -2.37. The van der Waals surface area contributed by atoms with Gasteiger partial charge >= 0.3 is 0 Å². The SMILES string of the molecule is CN=C(NCCc1nnc2ccccn12)NCc1cccs1.I. The van der Waals surface area contributed by atoms with Crippen LogP contribution in [0.1, 0.15) is 10.7 Å². The largest absolute Gasteiger partial charge is 0.356 e. The Hall–Kier alpha value is -1.68. The monoisotopic (exact) mass is 442 g/mol. The minimum absolute atomic E-state index is 0. The minimum Gasteiger partial charge on any atom is -0.356 e. The van der Waals surface area contributed by atoms with E-state index in [0.29, 0.717) is 0 Å². The zero-order valence-corrected chi connectivity index (χ0v) is 15.9. The topological polar surface area (TPSA) is 66.6 Å². The quantitative estimate of drug-likeness (QED) is 0.362. The molecule has 3 rings (SSSR count). The van der Waals surface area contributed by atoms with Crippen molar-refractivity contribution in [2.45, 2.75) is 13.0 Å². The molecule has 0 unspecified atom stereocenters. The summed E-state index contributed by atoms with van der Waals surface area (Å²) in [5, 5.41) is 17.0. The van der Waals surface area contributed by atoms with E-state index in [1.165, 1.54) is 4.88 Å². The van der Waals surface area contributed by atoms with Crippen LogP contribution in [0.4, 0.5) is 0 Å². The maximum absolute atomic E-state index is 4.22. The summed E-state index contributed by atoms with van der Waals surface area (Å²) in [5.41, 5.74) is 0.873. The number of thiophene rings is 1. The molecule has 0 aliphatic heterocycles. The molecule has 23 heavy (non-hydrogen) atoms. The van der Waals surface area contributed by atoms with Gasteiger partial charge in [-0.3, -0.25) is 9.39 Å². The molecule has 0 saturated carbocycles. The maximum Gasteiger partial charge on any atom is 0.191 e. The number of guanidine groups is 1. The summed E-state index contributed by atoms with van der Waals surface area (Å²) >= 11 is 1.73. The molecule has 0 radical (unpaired) electrons. The van der Waals surface area contributed by atoms with Crippen molar-refractivity contribution in [1.82, 2.24) is 25.2 Å². The van der Waals surface area contributed by atoms with Gasteiger partial charge in [-0.1, -0.05) is 12.1 Å². The number of fused-ring (bicyclic) bond motifs is 1. The summed E-state index contributed by atoms with van der Waals surface area (Å²) in [7, 11) is 1.77. The molecule has 0 aliphatic carbocycles. The van der Waals surface area contributed by atoms with Gasteiger partial charge in [0.15, 0.2) is 11.6 Å².